The Hall–Kier alpha value is -1.96. The molecule has 0 aliphatic rings. The Kier molecular flexibility index (Phi) is 4.58. The van der Waals surface area contributed by atoms with Crippen LogP contribution in [0.15, 0.2) is 18.2 Å². The van der Waals surface area contributed by atoms with Crippen molar-refractivity contribution in [3.8, 4) is 11.8 Å². The van der Waals surface area contributed by atoms with Gasteiger partial charge in [0, 0.05) is 12.0 Å². The first-order valence-electron chi connectivity index (χ1n) is 4.96. The first-order valence-corrected chi connectivity index (χ1v) is 4.96. The van der Waals surface area contributed by atoms with Gasteiger partial charge in [-0.25, -0.2) is 0 Å². The highest BCUT2D eigenvalue weighted by atomic mass is 19.3. The highest BCUT2D eigenvalue weighted by molar-refractivity contribution is 5.78. The third kappa shape index (κ3) is 4.19. The predicted molar refractivity (Wildman–Crippen MR) is 56.8 cm³/mol. The molecule has 0 aliphatic carbocycles. The van der Waals surface area contributed by atoms with Gasteiger partial charge in [-0.2, -0.15) is 14.0 Å². The van der Waals surface area contributed by atoms with Gasteiger partial charge in [-0.3, -0.25) is 4.79 Å². The molecule has 1 aromatic rings. The number of hydrogen-bond acceptors (Lipinski definition) is 3. The summed E-state index contributed by atoms with van der Waals surface area (Å²) in [4.78, 5) is 10.9. The molecule has 0 atom stereocenters. The van der Waals surface area contributed by atoms with Gasteiger partial charge >= 0.3 is 6.61 Å². The van der Waals surface area contributed by atoms with Gasteiger partial charge in [0.25, 0.3) is 0 Å². The van der Waals surface area contributed by atoms with Gasteiger partial charge in [-0.1, -0.05) is 12.1 Å². The van der Waals surface area contributed by atoms with Gasteiger partial charge in [0.05, 0.1) is 12.5 Å². The number of carbonyl (C=O) groups is 1. The van der Waals surface area contributed by atoms with Crippen LogP contribution in [0, 0.1) is 11.3 Å². The molecule has 17 heavy (non-hydrogen) atoms. The minimum atomic E-state index is -2.94. The van der Waals surface area contributed by atoms with Crippen molar-refractivity contribution >= 4 is 5.78 Å². The van der Waals surface area contributed by atoms with Crippen LogP contribution in [0.4, 0.5) is 8.78 Å². The molecule has 0 amide bonds. The van der Waals surface area contributed by atoms with Crippen molar-refractivity contribution in [3.05, 3.63) is 29.3 Å². The van der Waals surface area contributed by atoms with Gasteiger partial charge in [0.1, 0.15) is 11.5 Å². The average molecular weight is 239 g/mol. The maximum atomic E-state index is 12.2. The molecule has 0 N–H and O–H groups in total. The lowest BCUT2D eigenvalue weighted by atomic mass is 10.0. The van der Waals surface area contributed by atoms with Crippen molar-refractivity contribution in [2.45, 2.75) is 26.4 Å². The minimum Gasteiger partial charge on any atom is -0.434 e. The summed E-state index contributed by atoms with van der Waals surface area (Å²) < 4.78 is 28.7. The van der Waals surface area contributed by atoms with Crippen LogP contribution >= 0.6 is 0 Å². The van der Waals surface area contributed by atoms with E-state index < -0.39 is 6.61 Å². The normalized spacial score (nSPS) is 10.1. The number of halogens is 2. The van der Waals surface area contributed by atoms with Gasteiger partial charge < -0.3 is 4.74 Å². The van der Waals surface area contributed by atoms with E-state index >= 15 is 0 Å². The molecule has 3 nitrogen and oxygen atoms in total. The van der Waals surface area contributed by atoms with Crippen LogP contribution in [0.25, 0.3) is 0 Å². The zero-order valence-electron chi connectivity index (χ0n) is 9.24. The highest BCUT2D eigenvalue weighted by Gasteiger charge is 2.11. The summed E-state index contributed by atoms with van der Waals surface area (Å²) in [5.41, 5.74) is 0.981. The second-order valence-corrected chi connectivity index (χ2v) is 3.53. The molecule has 0 unspecified atom stereocenters. The molecule has 0 spiro atoms. The number of Topliss-reactive ketones (excluding diaryl/α,β-unsaturated/α-hetero) is 1. The number of rotatable bonds is 5. The standard InChI is InChI=1S/C12H11F2NO2/c1-8(16)6-9-2-3-10(4-5-15)11(7-9)17-12(13)14/h2-3,7,12H,4,6H2,1H3. The van der Waals surface area contributed by atoms with Crippen LogP contribution in [0.2, 0.25) is 0 Å². The molecule has 0 fully saturated rings. The molecule has 1 aromatic carbocycles. The number of carbonyl (C=O) groups excluding carboxylic acids is 1. The zero-order valence-corrected chi connectivity index (χ0v) is 9.24. The topological polar surface area (TPSA) is 50.1 Å². The second kappa shape index (κ2) is 5.94. The smallest absolute Gasteiger partial charge is 0.387 e. The summed E-state index contributed by atoms with van der Waals surface area (Å²) in [6, 6.07) is 6.40. The molecule has 90 valence electrons. The first-order chi connectivity index (χ1) is 8.02. The van der Waals surface area contributed by atoms with E-state index in [1.54, 1.807) is 6.07 Å². The number of alkyl halides is 2. The van der Waals surface area contributed by atoms with Crippen LogP contribution in [-0.4, -0.2) is 12.4 Å². The molecule has 5 heteroatoms. The van der Waals surface area contributed by atoms with Gasteiger partial charge in [0.2, 0.25) is 0 Å². The molecular formula is C12H11F2NO2. The highest BCUT2D eigenvalue weighted by Crippen LogP contribution is 2.23. The summed E-state index contributed by atoms with van der Waals surface area (Å²) in [5, 5.41) is 8.55. The Bertz CT molecular complexity index is 452. The van der Waals surface area contributed by atoms with Gasteiger partial charge in [0.15, 0.2) is 0 Å². The molecular weight excluding hydrogens is 228 g/mol. The number of ether oxygens (including phenoxy) is 1. The fourth-order valence-electron chi connectivity index (χ4n) is 1.43. The molecule has 0 aliphatic heterocycles. The van der Waals surface area contributed by atoms with E-state index in [1.807, 2.05) is 6.07 Å². The quantitative estimate of drug-likeness (QED) is 0.793. The summed E-state index contributed by atoms with van der Waals surface area (Å²) in [7, 11) is 0. The van der Waals surface area contributed by atoms with Crippen molar-refractivity contribution in [2.75, 3.05) is 0 Å². The summed E-state index contributed by atoms with van der Waals surface area (Å²) in [6.07, 6.45) is 0.148. The largest absolute Gasteiger partial charge is 0.434 e. The lowest BCUT2D eigenvalue weighted by molar-refractivity contribution is -0.116. The minimum absolute atomic E-state index is 0.0115. The van der Waals surface area contributed by atoms with E-state index in [-0.39, 0.29) is 24.4 Å². The maximum Gasteiger partial charge on any atom is 0.387 e. The summed E-state index contributed by atoms with van der Waals surface area (Å²) in [6.45, 7) is -1.53. The van der Waals surface area contributed by atoms with E-state index in [1.165, 1.54) is 19.1 Å². The number of nitrogens with zero attached hydrogens (tertiary/aromatic N) is 1. The molecule has 0 bridgehead atoms. The Balaban J connectivity index is 3.01. The van der Waals surface area contributed by atoms with E-state index in [4.69, 9.17) is 5.26 Å². The van der Waals surface area contributed by atoms with Crippen LogP contribution in [0.5, 0.6) is 5.75 Å². The van der Waals surface area contributed by atoms with E-state index in [2.05, 4.69) is 4.74 Å². The van der Waals surface area contributed by atoms with Crippen molar-refractivity contribution in [1.82, 2.24) is 0 Å². The Morgan fingerprint density at radius 3 is 2.76 bits per heavy atom. The molecule has 0 saturated carbocycles. The van der Waals surface area contributed by atoms with Crippen LogP contribution in [0.3, 0.4) is 0 Å². The molecule has 0 radical (unpaired) electrons. The lowest BCUT2D eigenvalue weighted by Gasteiger charge is -2.10. The molecule has 0 aromatic heterocycles. The maximum absolute atomic E-state index is 12.2. The third-order valence-corrected chi connectivity index (χ3v) is 2.07. The number of benzene rings is 1. The second-order valence-electron chi connectivity index (χ2n) is 3.53. The zero-order chi connectivity index (χ0) is 12.8. The fraction of sp³-hybridized carbons (Fsp3) is 0.333. The number of ketones is 1. The molecule has 0 saturated heterocycles. The summed E-state index contributed by atoms with van der Waals surface area (Å²) >= 11 is 0. The number of hydrogen-bond donors (Lipinski definition) is 0. The molecule has 0 heterocycles. The van der Waals surface area contributed by atoms with Crippen molar-refractivity contribution < 1.29 is 18.3 Å². The first kappa shape index (κ1) is 13.1. The van der Waals surface area contributed by atoms with Crippen LogP contribution < -0.4 is 4.74 Å². The van der Waals surface area contributed by atoms with Crippen molar-refractivity contribution in [3.63, 3.8) is 0 Å². The van der Waals surface area contributed by atoms with Crippen LogP contribution in [-0.2, 0) is 17.6 Å². The number of nitriles is 1. The van der Waals surface area contributed by atoms with Crippen molar-refractivity contribution in [1.29, 1.82) is 5.26 Å². The predicted octanol–water partition coefficient (Wildman–Crippen LogP) is 2.49. The fourth-order valence-corrected chi connectivity index (χ4v) is 1.43. The lowest BCUT2D eigenvalue weighted by Crippen LogP contribution is -2.06. The monoisotopic (exact) mass is 239 g/mol. The van der Waals surface area contributed by atoms with E-state index in [0.29, 0.717) is 11.1 Å². The Labute approximate surface area is 97.6 Å². The van der Waals surface area contributed by atoms with E-state index in [9.17, 15) is 13.6 Å². The summed E-state index contributed by atoms with van der Waals surface area (Å²) in [5.74, 6) is -0.110. The third-order valence-electron chi connectivity index (χ3n) is 2.07. The molecule has 1 rings (SSSR count). The Morgan fingerprint density at radius 2 is 2.24 bits per heavy atom. The van der Waals surface area contributed by atoms with Gasteiger partial charge in [-0.15, -0.1) is 0 Å². The van der Waals surface area contributed by atoms with E-state index in [0.717, 1.165) is 0 Å². The SMILES string of the molecule is CC(=O)Cc1ccc(CC#N)c(OC(F)F)c1. The Morgan fingerprint density at radius 1 is 1.53 bits per heavy atom. The average Bonchev–Trinajstić information content (AvgIpc) is 2.20. The van der Waals surface area contributed by atoms with Crippen molar-refractivity contribution in [2.24, 2.45) is 0 Å². The van der Waals surface area contributed by atoms with Gasteiger partial charge in [-0.05, 0) is 18.6 Å². The van der Waals surface area contributed by atoms with Crippen LogP contribution in [0.1, 0.15) is 18.1 Å².